The van der Waals surface area contributed by atoms with Gasteiger partial charge in [-0.3, -0.25) is 4.79 Å². The van der Waals surface area contributed by atoms with Gasteiger partial charge in [0.25, 0.3) is 5.76 Å². The van der Waals surface area contributed by atoms with E-state index in [4.69, 9.17) is 14.6 Å². The van der Waals surface area contributed by atoms with Gasteiger partial charge in [0.05, 0.1) is 0 Å². The van der Waals surface area contributed by atoms with Gasteiger partial charge in [0.1, 0.15) is 5.76 Å². The van der Waals surface area contributed by atoms with Gasteiger partial charge < -0.3 is 14.6 Å². The minimum atomic E-state index is -1.46. The van der Waals surface area contributed by atoms with Gasteiger partial charge in [-0.05, 0) is 0 Å². The van der Waals surface area contributed by atoms with Gasteiger partial charge in [0.2, 0.25) is 11.2 Å². The Bertz CT molecular complexity index is 416. The number of hydrogen-bond donors (Lipinski definition) is 2. The molecule has 0 saturated heterocycles. The Morgan fingerprint density at radius 1 is 1.50 bits per heavy atom. The Hall–Kier alpha value is -1.78. The van der Waals surface area contributed by atoms with Gasteiger partial charge in [0.15, 0.2) is 0 Å². The van der Waals surface area contributed by atoms with Gasteiger partial charge in [-0.2, -0.15) is 0 Å². The summed E-state index contributed by atoms with van der Waals surface area (Å²) in [4.78, 5) is 21.7. The van der Waals surface area contributed by atoms with Crippen LogP contribution in [0.4, 0.5) is 0 Å². The molecule has 5 nitrogen and oxygen atoms in total. The third kappa shape index (κ3) is 1.76. The molecule has 1 rings (SSSR count). The zero-order valence-corrected chi connectivity index (χ0v) is 7.77. The van der Waals surface area contributed by atoms with E-state index in [1.165, 1.54) is 0 Å². The Labute approximate surface area is 79.6 Å². The van der Waals surface area contributed by atoms with E-state index in [1.54, 1.807) is 13.8 Å². The first kappa shape index (κ1) is 10.3. The molecule has 0 aliphatic rings. The van der Waals surface area contributed by atoms with Crippen molar-refractivity contribution in [3.05, 3.63) is 27.8 Å². The molecule has 0 radical (unpaired) electrons. The molecule has 0 saturated carbocycles. The van der Waals surface area contributed by atoms with Crippen molar-refractivity contribution in [3.63, 3.8) is 0 Å². The number of aromatic hydroxyl groups is 1. The summed E-state index contributed by atoms with van der Waals surface area (Å²) in [6, 6.07) is 1.09. The van der Waals surface area contributed by atoms with Crippen LogP contribution in [-0.2, 0) is 0 Å². The first-order valence-electron chi connectivity index (χ1n) is 4.03. The SMILES string of the molecule is CC(C)c1cc(=O)c(O)c(C(=O)O)o1. The van der Waals surface area contributed by atoms with E-state index < -0.39 is 22.9 Å². The van der Waals surface area contributed by atoms with E-state index in [0.29, 0.717) is 0 Å². The highest BCUT2D eigenvalue weighted by atomic mass is 16.4. The van der Waals surface area contributed by atoms with Crippen LogP contribution in [0.5, 0.6) is 5.75 Å². The van der Waals surface area contributed by atoms with Crippen LogP contribution in [0.15, 0.2) is 15.3 Å². The van der Waals surface area contributed by atoms with Crippen LogP contribution in [0.2, 0.25) is 0 Å². The zero-order chi connectivity index (χ0) is 10.9. The van der Waals surface area contributed by atoms with E-state index in [0.717, 1.165) is 6.07 Å². The van der Waals surface area contributed by atoms with Crippen molar-refractivity contribution >= 4 is 5.97 Å². The van der Waals surface area contributed by atoms with Gasteiger partial charge in [0, 0.05) is 12.0 Å². The lowest BCUT2D eigenvalue weighted by molar-refractivity contribution is 0.0650. The van der Waals surface area contributed by atoms with Crippen LogP contribution in [-0.4, -0.2) is 16.2 Å². The molecular weight excluding hydrogens is 188 g/mol. The minimum Gasteiger partial charge on any atom is -0.501 e. The highest BCUT2D eigenvalue weighted by molar-refractivity contribution is 5.87. The number of carbonyl (C=O) groups is 1. The molecule has 5 heteroatoms. The predicted molar refractivity (Wildman–Crippen MR) is 47.7 cm³/mol. The predicted octanol–water partition coefficient (Wildman–Crippen LogP) is 1.17. The van der Waals surface area contributed by atoms with Crippen LogP contribution in [0.25, 0.3) is 0 Å². The molecule has 0 aliphatic carbocycles. The van der Waals surface area contributed by atoms with Crippen molar-refractivity contribution in [2.45, 2.75) is 19.8 Å². The lowest BCUT2D eigenvalue weighted by Crippen LogP contribution is -2.09. The van der Waals surface area contributed by atoms with Gasteiger partial charge >= 0.3 is 5.97 Å². The molecule has 1 heterocycles. The molecule has 76 valence electrons. The minimum absolute atomic E-state index is 0.110. The van der Waals surface area contributed by atoms with Crippen molar-refractivity contribution in [1.29, 1.82) is 0 Å². The molecule has 0 unspecified atom stereocenters. The Balaban J connectivity index is 3.43. The maximum Gasteiger partial charge on any atom is 0.375 e. The standard InChI is InChI=1S/C9H10O5/c1-4(2)6-3-5(10)7(11)8(14-6)9(12)13/h3-4,11H,1-2H3,(H,12,13). The van der Waals surface area contributed by atoms with Crippen LogP contribution < -0.4 is 5.43 Å². The Morgan fingerprint density at radius 2 is 2.07 bits per heavy atom. The highest BCUT2D eigenvalue weighted by Gasteiger charge is 2.18. The molecule has 2 N–H and O–H groups in total. The van der Waals surface area contributed by atoms with Gasteiger partial charge in [-0.25, -0.2) is 4.79 Å². The average Bonchev–Trinajstić information content (AvgIpc) is 2.08. The summed E-state index contributed by atoms with van der Waals surface area (Å²) in [5.41, 5.74) is -0.739. The third-order valence-electron chi connectivity index (χ3n) is 1.71. The topological polar surface area (TPSA) is 87.7 Å². The highest BCUT2D eigenvalue weighted by Crippen LogP contribution is 2.19. The van der Waals surface area contributed by atoms with E-state index in [1.807, 2.05) is 0 Å². The molecular formula is C9H10O5. The van der Waals surface area contributed by atoms with Crippen LogP contribution >= 0.6 is 0 Å². The summed E-state index contributed by atoms with van der Waals surface area (Å²) in [7, 11) is 0. The number of aromatic carboxylic acids is 1. The first-order chi connectivity index (χ1) is 6.43. The lowest BCUT2D eigenvalue weighted by atomic mass is 10.1. The zero-order valence-electron chi connectivity index (χ0n) is 7.77. The normalized spacial score (nSPS) is 10.5. The lowest BCUT2D eigenvalue weighted by Gasteiger charge is -2.05. The second-order valence-electron chi connectivity index (χ2n) is 3.15. The van der Waals surface area contributed by atoms with E-state index in [9.17, 15) is 9.59 Å². The van der Waals surface area contributed by atoms with Crippen molar-refractivity contribution in [1.82, 2.24) is 0 Å². The smallest absolute Gasteiger partial charge is 0.375 e. The maximum absolute atomic E-state index is 11.1. The summed E-state index contributed by atoms with van der Waals surface area (Å²) in [5, 5.41) is 17.7. The maximum atomic E-state index is 11.1. The van der Waals surface area contributed by atoms with Crippen molar-refractivity contribution in [2.75, 3.05) is 0 Å². The summed E-state index contributed by atoms with van der Waals surface area (Å²) in [5.74, 6) is -2.89. The quantitative estimate of drug-likeness (QED) is 0.744. The Morgan fingerprint density at radius 3 is 2.50 bits per heavy atom. The molecule has 0 aromatic carbocycles. The fourth-order valence-electron chi connectivity index (χ4n) is 0.935. The third-order valence-corrected chi connectivity index (χ3v) is 1.71. The molecule has 0 amide bonds. The van der Waals surface area contributed by atoms with E-state index in [2.05, 4.69) is 0 Å². The monoisotopic (exact) mass is 198 g/mol. The molecule has 0 aliphatic heterocycles. The molecule has 0 atom stereocenters. The average molecular weight is 198 g/mol. The number of carboxylic acids is 1. The second-order valence-corrected chi connectivity index (χ2v) is 3.15. The van der Waals surface area contributed by atoms with Crippen molar-refractivity contribution in [2.24, 2.45) is 0 Å². The van der Waals surface area contributed by atoms with E-state index in [-0.39, 0.29) is 11.7 Å². The fourth-order valence-corrected chi connectivity index (χ4v) is 0.935. The number of rotatable bonds is 2. The summed E-state index contributed by atoms with van der Waals surface area (Å²) in [6.07, 6.45) is 0. The molecule has 14 heavy (non-hydrogen) atoms. The van der Waals surface area contributed by atoms with E-state index >= 15 is 0 Å². The summed E-state index contributed by atoms with van der Waals surface area (Å²) in [6.45, 7) is 3.50. The summed E-state index contributed by atoms with van der Waals surface area (Å²) < 4.78 is 4.86. The first-order valence-corrected chi connectivity index (χ1v) is 4.03. The molecule has 1 aromatic rings. The molecule has 0 fully saturated rings. The summed E-state index contributed by atoms with van der Waals surface area (Å²) >= 11 is 0. The van der Waals surface area contributed by atoms with Gasteiger partial charge in [-0.1, -0.05) is 13.8 Å². The number of hydrogen-bond acceptors (Lipinski definition) is 4. The molecule has 0 spiro atoms. The second kappa shape index (κ2) is 3.53. The van der Waals surface area contributed by atoms with Crippen molar-refractivity contribution < 1.29 is 19.4 Å². The van der Waals surface area contributed by atoms with Gasteiger partial charge in [-0.15, -0.1) is 0 Å². The van der Waals surface area contributed by atoms with Crippen LogP contribution in [0.1, 0.15) is 36.1 Å². The van der Waals surface area contributed by atoms with Crippen LogP contribution in [0.3, 0.4) is 0 Å². The fraction of sp³-hybridized carbons (Fsp3) is 0.333. The van der Waals surface area contributed by atoms with Crippen molar-refractivity contribution in [3.8, 4) is 5.75 Å². The molecule has 1 aromatic heterocycles. The molecule has 0 bridgehead atoms. The van der Waals surface area contributed by atoms with Crippen LogP contribution in [0, 0.1) is 0 Å². The Kier molecular flexibility index (Phi) is 2.60. The number of carboxylic acid groups (broad SMARTS) is 1. The largest absolute Gasteiger partial charge is 0.501 e.